The van der Waals surface area contributed by atoms with Gasteiger partial charge in [-0.3, -0.25) is 9.48 Å². The van der Waals surface area contributed by atoms with Crippen LogP contribution < -0.4 is 14.8 Å². The van der Waals surface area contributed by atoms with Crippen molar-refractivity contribution in [3.05, 3.63) is 40.9 Å². The fourth-order valence-corrected chi connectivity index (χ4v) is 4.24. The second-order valence-corrected chi connectivity index (χ2v) is 8.23. The predicted octanol–water partition coefficient (Wildman–Crippen LogP) is 3.63. The first kappa shape index (κ1) is 17.9. The molecule has 1 N–H and O–H groups in total. The highest BCUT2D eigenvalue weighted by Crippen LogP contribution is 2.31. The number of aryl methyl sites for hydroxylation is 1. The molecule has 27 heavy (non-hydrogen) atoms. The molecule has 3 aromatic rings. The average Bonchev–Trinajstić information content (AvgIpc) is 3.21. The first-order valence-corrected chi connectivity index (χ1v) is 9.96. The monoisotopic (exact) mass is 385 g/mol. The maximum Gasteiger partial charge on any atom is 0.261 e. The molecule has 1 aliphatic rings. The Morgan fingerprint density at radius 1 is 1.37 bits per heavy atom. The van der Waals surface area contributed by atoms with Crippen molar-refractivity contribution >= 4 is 27.5 Å². The van der Waals surface area contributed by atoms with E-state index in [0.29, 0.717) is 29.7 Å². The number of aromatic nitrogens is 2. The summed E-state index contributed by atoms with van der Waals surface area (Å²) in [6, 6.07) is 9.50. The van der Waals surface area contributed by atoms with Crippen LogP contribution in [-0.4, -0.2) is 34.9 Å². The first-order valence-electron chi connectivity index (χ1n) is 9.15. The van der Waals surface area contributed by atoms with Gasteiger partial charge in [0.15, 0.2) is 11.5 Å². The summed E-state index contributed by atoms with van der Waals surface area (Å²) < 4.78 is 13.6. The van der Waals surface area contributed by atoms with E-state index in [9.17, 15) is 4.79 Å². The summed E-state index contributed by atoms with van der Waals surface area (Å²) in [5.41, 5.74) is 0.960. The number of hydrogen-bond acceptors (Lipinski definition) is 5. The van der Waals surface area contributed by atoms with E-state index in [0.717, 1.165) is 28.2 Å². The van der Waals surface area contributed by atoms with Gasteiger partial charge in [-0.15, -0.1) is 11.3 Å². The first-order chi connectivity index (χ1) is 13.0. The van der Waals surface area contributed by atoms with Gasteiger partial charge in [0.05, 0.1) is 17.1 Å². The molecule has 0 fully saturated rings. The summed E-state index contributed by atoms with van der Waals surface area (Å²) in [5, 5.41) is 8.61. The molecule has 1 aliphatic heterocycles. The van der Waals surface area contributed by atoms with Gasteiger partial charge in [0, 0.05) is 11.9 Å². The number of thiophene rings is 1. The lowest BCUT2D eigenvalue weighted by Crippen LogP contribution is -2.40. The van der Waals surface area contributed by atoms with Gasteiger partial charge in [0.1, 0.15) is 17.5 Å². The Morgan fingerprint density at radius 2 is 2.15 bits per heavy atom. The Kier molecular flexibility index (Phi) is 4.78. The van der Waals surface area contributed by atoms with E-state index in [1.54, 1.807) is 0 Å². The van der Waals surface area contributed by atoms with Crippen molar-refractivity contribution in [2.24, 2.45) is 5.92 Å². The minimum absolute atomic E-state index is 0.0887. The van der Waals surface area contributed by atoms with Gasteiger partial charge < -0.3 is 14.8 Å². The second-order valence-electron chi connectivity index (χ2n) is 7.20. The number of nitrogens with zero attached hydrogens (tertiary/aromatic N) is 2. The van der Waals surface area contributed by atoms with Crippen molar-refractivity contribution in [1.29, 1.82) is 0 Å². The highest BCUT2D eigenvalue weighted by molar-refractivity contribution is 7.20. The number of rotatable bonds is 5. The van der Waals surface area contributed by atoms with Crippen molar-refractivity contribution in [3.8, 4) is 11.5 Å². The molecule has 0 bridgehead atoms. The van der Waals surface area contributed by atoms with Crippen molar-refractivity contribution in [3.63, 3.8) is 0 Å². The van der Waals surface area contributed by atoms with Gasteiger partial charge in [-0.2, -0.15) is 5.10 Å². The fourth-order valence-electron chi connectivity index (χ4n) is 3.15. The Labute approximate surface area is 162 Å². The third-order valence-electron chi connectivity index (χ3n) is 4.43. The molecule has 0 saturated heterocycles. The van der Waals surface area contributed by atoms with E-state index in [1.165, 1.54) is 11.3 Å². The number of amides is 1. The molecule has 4 rings (SSSR count). The van der Waals surface area contributed by atoms with Crippen LogP contribution in [0, 0.1) is 12.8 Å². The standard InChI is InChI=1S/C20H23N3O3S/c1-12(2)10-23-20-15(13(3)22-23)8-18(27-20)19(24)21-9-14-11-25-16-6-4-5-7-17(16)26-14/h4-8,12,14H,9-11H2,1-3H3,(H,21,24). The quantitative estimate of drug-likeness (QED) is 0.728. The maximum absolute atomic E-state index is 12.6. The van der Waals surface area contributed by atoms with Crippen molar-refractivity contribution < 1.29 is 14.3 Å². The molecule has 1 aromatic carbocycles. The molecule has 0 radical (unpaired) electrons. The largest absolute Gasteiger partial charge is 0.486 e. The number of ether oxygens (including phenoxy) is 2. The Hall–Kier alpha value is -2.54. The van der Waals surface area contributed by atoms with E-state index in [2.05, 4.69) is 24.3 Å². The molecule has 142 valence electrons. The molecule has 7 heteroatoms. The minimum Gasteiger partial charge on any atom is -0.486 e. The second kappa shape index (κ2) is 7.23. The summed E-state index contributed by atoms with van der Waals surface area (Å²) in [4.78, 5) is 14.4. The van der Waals surface area contributed by atoms with Gasteiger partial charge in [-0.25, -0.2) is 0 Å². The normalized spacial score (nSPS) is 16.1. The lowest BCUT2D eigenvalue weighted by atomic mass is 10.2. The molecular weight excluding hydrogens is 362 g/mol. The lowest BCUT2D eigenvalue weighted by molar-refractivity contribution is 0.0791. The molecule has 1 amide bonds. The molecule has 0 saturated carbocycles. The van der Waals surface area contributed by atoms with E-state index < -0.39 is 0 Å². The lowest BCUT2D eigenvalue weighted by Gasteiger charge is -2.26. The van der Waals surface area contributed by atoms with Crippen LogP contribution in [0.15, 0.2) is 30.3 Å². The topological polar surface area (TPSA) is 65.4 Å². The maximum atomic E-state index is 12.6. The number of carbonyl (C=O) groups excluding carboxylic acids is 1. The molecule has 0 aliphatic carbocycles. The summed E-state index contributed by atoms with van der Waals surface area (Å²) in [6.07, 6.45) is -0.198. The zero-order valence-electron chi connectivity index (χ0n) is 15.7. The van der Waals surface area contributed by atoms with Crippen molar-refractivity contribution in [1.82, 2.24) is 15.1 Å². The van der Waals surface area contributed by atoms with E-state index >= 15 is 0 Å². The van der Waals surface area contributed by atoms with E-state index in [-0.39, 0.29) is 12.0 Å². The number of hydrogen-bond donors (Lipinski definition) is 1. The van der Waals surface area contributed by atoms with Crippen LogP contribution in [-0.2, 0) is 6.54 Å². The molecule has 1 unspecified atom stereocenters. The number of benzene rings is 1. The minimum atomic E-state index is -0.198. The smallest absolute Gasteiger partial charge is 0.261 e. The van der Waals surface area contributed by atoms with Crippen LogP contribution in [0.5, 0.6) is 11.5 Å². The number of para-hydroxylation sites is 2. The van der Waals surface area contributed by atoms with E-state index in [4.69, 9.17) is 9.47 Å². The van der Waals surface area contributed by atoms with Gasteiger partial charge in [-0.1, -0.05) is 26.0 Å². The average molecular weight is 385 g/mol. The Morgan fingerprint density at radius 3 is 2.93 bits per heavy atom. The number of fused-ring (bicyclic) bond motifs is 2. The Bertz CT molecular complexity index is 976. The molecular formula is C20H23N3O3S. The Balaban J connectivity index is 1.43. The van der Waals surface area contributed by atoms with Crippen LogP contribution in [0.25, 0.3) is 10.2 Å². The number of nitrogens with one attached hydrogen (secondary N) is 1. The summed E-state index contributed by atoms with van der Waals surface area (Å²) >= 11 is 1.49. The van der Waals surface area contributed by atoms with Gasteiger partial charge in [0.2, 0.25) is 0 Å². The van der Waals surface area contributed by atoms with E-state index in [1.807, 2.05) is 41.9 Å². The van der Waals surface area contributed by atoms with Crippen LogP contribution in [0.1, 0.15) is 29.2 Å². The summed E-state index contributed by atoms with van der Waals surface area (Å²) in [6.45, 7) is 7.98. The summed E-state index contributed by atoms with van der Waals surface area (Å²) in [5.74, 6) is 1.87. The zero-order valence-corrected chi connectivity index (χ0v) is 16.5. The van der Waals surface area contributed by atoms with Crippen LogP contribution in [0.3, 0.4) is 0 Å². The predicted molar refractivity (Wildman–Crippen MR) is 106 cm³/mol. The molecule has 6 nitrogen and oxygen atoms in total. The van der Waals surface area contributed by atoms with Gasteiger partial charge >= 0.3 is 0 Å². The summed E-state index contributed by atoms with van der Waals surface area (Å²) in [7, 11) is 0. The molecule has 1 atom stereocenters. The van der Waals surface area contributed by atoms with Crippen LogP contribution in [0.2, 0.25) is 0 Å². The fraction of sp³-hybridized carbons (Fsp3) is 0.400. The zero-order chi connectivity index (χ0) is 19.0. The third-order valence-corrected chi connectivity index (χ3v) is 5.57. The number of carbonyl (C=O) groups is 1. The third kappa shape index (κ3) is 3.64. The van der Waals surface area contributed by atoms with Crippen LogP contribution in [0.4, 0.5) is 0 Å². The molecule has 3 heterocycles. The molecule has 2 aromatic heterocycles. The van der Waals surface area contributed by atoms with Gasteiger partial charge in [0.25, 0.3) is 5.91 Å². The van der Waals surface area contributed by atoms with Crippen LogP contribution >= 0.6 is 11.3 Å². The van der Waals surface area contributed by atoms with Crippen molar-refractivity contribution in [2.75, 3.05) is 13.2 Å². The highest BCUT2D eigenvalue weighted by atomic mass is 32.1. The highest BCUT2D eigenvalue weighted by Gasteiger charge is 2.22. The molecule has 0 spiro atoms. The van der Waals surface area contributed by atoms with Gasteiger partial charge in [-0.05, 0) is 31.0 Å². The van der Waals surface area contributed by atoms with Crippen molar-refractivity contribution in [2.45, 2.75) is 33.4 Å². The SMILES string of the molecule is Cc1nn(CC(C)C)c2sc(C(=O)NCC3COc4ccccc4O3)cc12.